The van der Waals surface area contributed by atoms with Crippen molar-refractivity contribution in [3.05, 3.63) is 88.6 Å². The van der Waals surface area contributed by atoms with Crippen LogP contribution in [-0.2, 0) is 21.4 Å². The zero-order valence-corrected chi connectivity index (χ0v) is 16.6. The molecule has 0 spiro atoms. The molecule has 0 radical (unpaired) electrons. The van der Waals surface area contributed by atoms with E-state index in [0.717, 1.165) is 14.7 Å². The Kier molecular flexibility index (Phi) is 6.70. The van der Waals surface area contributed by atoms with Crippen molar-refractivity contribution in [3.8, 4) is 0 Å². The van der Waals surface area contributed by atoms with E-state index in [2.05, 4.69) is 10.5 Å². The van der Waals surface area contributed by atoms with Gasteiger partial charge in [0, 0.05) is 11.4 Å². The molecule has 1 amide bonds. The van der Waals surface area contributed by atoms with E-state index < -0.39 is 15.9 Å². The van der Waals surface area contributed by atoms with E-state index in [4.69, 9.17) is 0 Å². The zero-order chi connectivity index (χ0) is 19.8. The molecule has 8 heteroatoms. The maximum Gasteiger partial charge on any atom is 0.255 e. The fourth-order valence-corrected chi connectivity index (χ4v) is 4.47. The van der Waals surface area contributed by atoms with Gasteiger partial charge in [0.25, 0.3) is 5.91 Å². The van der Waals surface area contributed by atoms with Gasteiger partial charge in [0.2, 0.25) is 10.0 Å². The number of rotatable bonds is 8. The summed E-state index contributed by atoms with van der Waals surface area (Å²) in [4.78, 5) is 13.3. The molecule has 0 aliphatic carbocycles. The first-order valence-corrected chi connectivity index (χ1v) is 10.8. The largest absolute Gasteiger partial charge is 0.272 e. The highest BCUT2D eigenvalue weighted by Crippen LogP contribution is 2.18. The van der Waals surface area contributed by atoms with Gasteiger partial charge in [0.1, 0.15) is 0 Å². The van der Waals surface area contributed by atoms with E-state index in [9.17, 15) is 13.2 Å². The van der Waals surface area contributed by atoms with Gasteiger partial charge in [-0.25, -0.2) is 13.8 Å². The molecule has 28 heavy (non-hydrogen) atoms. The molecule has 0 atom stereocenters. The number of carbonyl (C=O) groups is 1. The molecular formula is C20H19N3O3S2. The maximum atomic E-state index is 13.0. The summed E-state index contributed by atoms with van der Waals surface area (Å²) in [6.07, 6.45) is 1.52. The summed E-state index contributed by atoms with van der Waals surface area (Å²) in [5.41, 5.74) is 3.18. The Hall–Kier alpha value is -2.81. The van der Waals surface area contributed by atoms with Crippen molar-refractivity contribution in [3.63, 3.8) is 0 Å². The third kappa shape index (κ3) is 5.35. The molecular weight excluding hydrogens is 394 g/mol. The lowest BCUT2D eigenvalue weighted by Crippen LogP contribution is -2.39. The van der Waals surface area contributed by atoms with Crippen LogP contribution in [0, 0.1) is 0 Å². The molecule has 3 aromatic rings. The fraction of sp³-hybridized carbons (Fsp3) is 0.100. The molecule has 0 aliphatic heterocycles. The summed E-state index contributed by atoms with van der Waals surface area (Å²) in [7, 11) is -3.84. The third-order valence-corrected chi connectivity index (χ3v) is 6.44. The third-order valence-electron chi connectivity index (χ3n) is 3.83. The topological polar surface area (TPSA) is 78.8 Å². The van der Waals surface area contributed by atoms with E-state index >= 15 is 0 Å². The lowest BCUT2D eigenvalue weighted by atomic mass is 10.2. The van der Waals surface area contributed by atoms with Crippen LogP contribution in [0.1, 0.15) is 10.4 Å². The number of amides is 1. The van der Waals surface area contributed by atoms with Gasteiger partial charge in [-0.3, -0.25) is 4.79 Å². The van der Waals surface area contributed by atoms with Crippen LogP contribution in [0.3, 0.4) is 0 Å². The number of hydrazone groups is 1. The average molecular weight is 414 g/mol. The molecule has 2 aromatic carbocycles. The molecule has 1 heterocycles. The van der Waals surface area contributed by atoms with Crippen molar-refractivity contribution < 1.29 is 13.2 Å². The van der Waals surface area contributed by atoms with E-state index in [1.807, 2.05) is 47.8 Å². The standard InChI is InChI=1S/C20H19N3O3S2/c24-20(22-21-14-18-10-7-13-27-18)16-23(15-17-8-3-1-4-9-17)28(25,26)19-11-5-2-6-12-19/h1-14H,15-16H2,(H,22,24). The van der Waals surface area contributed by atoms with Gasteiger partial charge in [0.15, 0.2) is 0 Å². The minimum absolute atomic E-state index is 0.0835. The molecule has 144 valence electrons. The highest BCUT2D eigenvalue weighted by molar-refractivity contribution is 7.89. The van der Waals surface area contributed by atoms with Crippen LogP contribution >= 0.6 is 11.3 Å². The van der Waals surface area contributed by atoms with Crippen LogP contribution < -0.4 is 5.43 Å². The van der Waals surface area contributed by atoms with Crippen molar-refractivity contribution >= 4 is 33.5 Å². The van der Waals surface area contributed by atoms with E-state index in [0.29, 0.717) is 0 Å². The van der Waals surface area contributed by atoms with Crippen LogP contribution in [0.5, 0.6) is 0 Å². The SMILES string of the molecule is O=C(CN(Cc1ccccc1)S(=O)(=O)c1ccccc1)NN=Cc1cccs1. The van der Waals surface area contributed by atoms with E-state index in [1.54, 1.807) is 18.2 Å². The van der Waals surface area contributed by atoms with Gasteiger partial charge in [-0.2, -0.15) is 9.41 Å². The Bertz CT molecular complexity index is 1020. The number of thiophene rings is 1. The quantitative estimate of drug-likeness (QED) is 0.455. The van der Waals surface area contributed by atoms with Crippen molar-refractivity contribution in [1.82, 2.24) is 9.73 Å². The summed E-state index contributed by atoms with van der Waals surface area (Å²) in [6, 6.07) is 21.0. The van der Waals surface area contributed by atoms with Gasteiger partial charge >= 0.3 is 0 Å². The monoisotopic (exact) mass is 413 g/mol. The van der Waals surface area contributed by atoms with E-state index in [-0.39, 0.29) is 18.0 Å². The minimum Gasteiger partial charge on any atom is -0.272 e. The fourth-order valence-electron chi connectivity index (χ4n) is 2.48. The van der Waals surface area contributed by atoms with Crippen LogP contribution in [0.2, 0.25) is 0 Å². The Balaban J connectivity index is 1.77. The Morgan fingerprint density at radius 3 is 2.32 bits per heavy atom. The molecule has 1 aromatic heterocycles. The molecule has 0 bridgehead atoms. The molecule has 0 fully saturated rings. The van der Waals surface area contributed by atoms with Gasteiger partial charge in [-0.1, -0.05) is 54.6 Å². The van der Waals surface area contributed by atoms with Crippen molar-refractivity contribution in [2.75, 3.05) is 6.54 Å². The smallest absolute Gasteiger partial charge is 0.255 e. The molecule has 0 unspecified atom stereocenters. The van der Waals surface area contributed by atoms with Crippen LogP contribution in [-0.4, -0.2) is 31.4 Å². The number of hydrogen-bond donors (Lipinski definition) is 1. The predicted molar refractivity (Wildman–Crippen MR) is 111 cm³/mol. The number of sulfonamides is 1. The second-order valence-corrected chi connectivity index (χ2v) is 8.80. The van der Waals surface area contributed by atoms with Crippen LogP contribution in [0.25, 0.3) is 0 Å². The second kappa shape index (κ2) is 9.41. The molecule has 0 saturated heterocycles. The summed E-state index contributed by atoms with van der Waals surface area (Å²) >= 11 is 1.48. The highest BCUT2D eigenvalue weighted by Gasteiger charge is 2.26. The maximum absolute atomic E-state index is 13.0. The summed E-state index contributed by atoms with van der Waals surface area (Å²) in [5.74, 6) is -0.511. The van der Waals surface area contributed by atoms with Gasteiger partial charge < -0.3 is 0 Å². The van der Waals surface area contributed by atoms with Crippen molar-refractivity contribution in [2.24, 2.45) is 5.10 Å². The normalized spacial score (nSPS) is 11.8. The first-order chi connectivity index (χ1) is 13.6. The number of carbonyl (C=O) groups excluding carboxylic acids is 1. The summed E-state index contributed by atoms with van der Waals surface area (Å²) < 4.78 is 27.2. The molecule has 3 rings (SSSR count). The molecule has 1 N–H and O–H groups in total. The average Bonchev–Trinajstić information content (AvgIpc) is 3.22. The van der Waals surface area contributed by atoms with Gasteiger partial charge in [0.05, 0.1) is 17.7 Å². The lowest BCUT2D eigenvalue weighted by molar-refractivity contribution is -0.121. The van der Waals surface area contributed by atoms with E-state index in [1.165, 1.54) is 29.7 Å². The minimum atomic E-state index is -3.84. The number of nitrogens with zero attached hydrogens (tertiary/aromatic N) is 2. The lowest BCUT2D eigenvalue weighted by Gasteiger charge is -2.21. The zero-order valence-electron chi connectivity index (χ0n) is 14.9. The molecule has 0 aliphatic rings. The van der Waals surface area contributed by atoms with Gasteiger partial charge in [-0.15, -0.1) is 11.3 Å². The second-order valence-electron chi connectivity index (χ2n) is 5.88. The summed E-state index contributed by atoms with van der Waals surface area (Å²) in [6.45, 7) is -0.256. The van der Waals surface area contributed by atoms with Crippen molar-refractivity contribution in [2.45, 2.75) is 11.4 Å². The van der Waals surface area contributed by atoms with Gasteiger partial charge in [-0.05, 0) is 29.1 Å². The first-order valence-electron chi connectivity index (χ1n) is 8.50. The predicted octanol–water partition coefficient (Wildman–Crippen LogP) is 3.09. The van der Waals surface area contributed by atoms with Crippen LogP contribution in [0.15, 0.2) is 88.2 Å². The first kappa shape index (κ1) is 19.9. The number of nitrogens with one attached hydrogen (secondary N) is 1. The van der Waals surface area contributed by atoms with Crippen molar-refractivity contribution in [1.29, 1.82) is 0 Å². The Labute approximate surface area is 168 Å². The Morgan fingerprint density at radius 1 is 1.00 bits per heavy atom. The number of hydrogen-bond acceptors (Lipinski definition) is 5. The molecule has 0 saturated carbocycles. The highest BCUT2D eigenvalue weighted by atomic mass is 32.2. The molecule has 6 nitrogen and oxygen atoms in total. The number of benzene rings is 2. The van der Waals surface area contributed by atoms with Crippen LogP contribution in [0.4, 0.5) is 0 Å². The Morgan fingerprint density at radius 2 is 1.68 bits per heavy atom. The summed E-state index contributed by atoms with van der Waals surface area (Å²) in [5, 5.41) is 5.79.